The van der Waals surface area contributed by atoms with Crippen LogP contribution in [0.3, 0.4) is 0 Å². The number of alkyl halides is 2. The smallest absolute Gasteiger partial charge is 0.276 e. The van der Waals surface area contributed by atoms with Gasteiger partial charge in [-0.2, -0.15) is 0 Å². The monoisotopic (exact) mass is 458 g/mol. The number of sulfone groups is 1. The highest BCUT2D eigenvalue weighted by Crippen LogP contribution is 2.36. The number of hydrogen-bond acceptors (Lipinski definition) is 6. The van der Waals surface area contributed by atoms with Gasteiger partial charge >= 0.3 is 0 Å². The highest BCUT2D eigenvalue weighted by atomic mass is 32.2. The van der Waals surface area contributed by atoms with E-state index in [1.165, 1.54) is 35.4 Å². The predicted molar refractivity (Wildman–Crippen MR) is 108 cm³/mol. The number of pyridine rings is 1. The molecular weight excluding hydrogens is 441 g/mol. The van der Waals surface area contributed by atoms with Gasteiger partial charge in [0.25, 0.3) is 11.5 Å². The van der Waals surface area contributed by atoms with Crippen LogP contribution in [0.5, 0.6) is 0 Å². The molecule has 1 fully saturated rings. The van der Waals surface area contributed by atoms with Gasteiger partial charge in [0, 0.05) is 30.1 Å². The van der Waals surface area contributed by atoms with Gasteiger partial charge in [-0.05, 0) is 35.7 Å². The van der Waals surface area contributed by atoms with Crippen LogP contribution >= 0.6 is 11.3 Å². The Labute approximate surface area is 173 Å². The van der Waals surface area contributed by atoms with Crippen LogP contribution in [0.4, 0.5) is 18.2 Å². The van der Waals surface area contributed by atoms with Crippen LogP contribution in [-0.4, -0.2) is 43.6 Å². The molecule has 1 atom stereocenters. The Bertz CT molecular complexity index is 1270. The van der Waals surface area contributed by atoms with Crippen LogP contribution in [0.2, 0.25) is 0 Å². The third-order valence-corrected chi connectivity index (χ3v) is 8.46. The van der Waals surface area contributed by atoms with Crippen molar-refractivity contribution in [1.29, 1.82) is 0 Å². The third-order valence-electron chi connectivity index (χ3n) is 5.07. The van der Waals surface area contributed by atoms with Crippen molar-refractivity contribution in [2.45, 2.75) is 28.4 Å². The number of aromatic nitrogens is 1. The first-order valence-corrected chi connectivity index (χ1v) is 11.5. The second-order valence-electron chi connectivity index (χ2n) is 7.16. The Morgan fingerprint density at radius 1 is 1.27 bits per heavy atom. The Hall–Kier alpha value is -2.37. The number of anilines is 1. The summed E-state index contributed by atoms with van der Waals surface area (Å²) < 4.78 is 66.9. The van der Waals surface area contributed by atoms with Crippen molar-refractivity contribution in [3.8, 4) is 0 Å². The molecule has 2 aromatic heterocycles. The van der Waals surface area contributed by atoms with E-state index in [4.69, 9.17) is 0 Å². The summed E-state index contributed by atoms with van der Waals surface area (Å²) in [5, 5.41) is 10.6. The number of β-amino-alcohol motifs (C(OH)–C–C–N with tert-alkyl or cyclic N) is 1. The number of H-pyrrole nitrogens is 1. The number of aromatic amines is 1. The number of aliphatic hydroxyl groups is 1. The zero-order chi connectivity index (χ0) is 21.7. The average Bonchev–Trinajstić information content (AvgIpc) is 3.16. The van der Waals surface area contributed by atoms with Crippen molar-refractivity contribution in [2.75, 3.05) is 18.0 Å². The zero-order valence-electron chi connectivity index (χ0n) is 15.4. The quantitative estimate of drug-likeness (QED) is 0.628. The fourth-order valence-corrected chi connectivity index (χ4v) is 6.13. The minimum atomic E-state index is -3.94. The molecule has 1 aliphatic rings. The molecule has 0 bridgehead atoms. The summed E-state index contributed by atoms with van der Waals surface area (Å²) >= 11 is 0.872. The number of halogens is 3. The molecule has 0 saturated carbocycles. The molecule has 11 heteroatoms. The number of fused-ring (bicyclic) bond motifs is 1. The van der Waals surface area contributed by atoms with Crippen LogP contribution in [0.25, 0.3) is 10.8 Å². The second kappa shape index (κ2) is 7.40. The van der Waals surface area contributed by atoms with Crippen LogP contribution < -0.4 is 10.5 Å². The minimum Gasteiger partial charge on any atom is -0.385 e. The molecule has 0 aliphatic carbocycles. The molecule has 160 valence electrons. The summed E-state index contributed by atoms with van der Waals surface area (Å²) in [7, 11) is -3.94. The lowest BCUT2D eigenvalue weighted by molar-refractivity contribution is -0.117. The van der Waals surface area contributed by atoms with Gasteiger partial charge in [0.05, 0.1) is 17.3 Å². The lowest BCUT2D eigenvalue weighted by Gasteiger charge is -2.36. The van der Waals surface area contributed by atoms with Gasteiger partial charge in [-0.25, -0.2) is 21.6 Å². The molecule has 3 aromatic rings. The first-order valence-electron chi connectivity index (χ1n) is 9.00. The van der Waals surface area contributed by atoms with Crippen molar-refractivity contribution in [3.63, 3.8) is 0 Å². The fourth-order valence-electron chi connectivity index (χ4n) is 3.37. The summed E-state index contributed by atoms with van der Waals surface area (Å²) in [6.07, 6.45) is -0.996. The van der Waals surface area contributed by atoms with Gasteiger partial charge in [-0.1, -0.05) is 0 Å². The van der Waals surface area contributed by atoms with Crippen molar-refractivity contribution in [1.82, 2.24) is 4.98 Å². The number of thiophene rings is 1. The van der Waals surface area contributed by atoms with E-state index in [0.29, 0.717) is 10.4 Å². The normalized spacial score (nSPS) is 19.3. The van der Waals surface area contributed by atoms with Gasteiger partial charge in [-0.15, -0.1) is 11.3 Å². The van der Waals surface area contributed by atoms with Crippen LogP contribution in [0.15, 0.2) is 45.5 Å². The second-order valence-corrected chi connectivity index (χ2v) is 10.4. The highest BCUT2D eigenvalue weighted by Gasteiger charge is 2.43. The number of benzene rings is 1. The summed E-state index contributed by atoms with van der Waals surface area (Å²) in [5.74, 6) is -4.56. The number of nitrogens with zero attached hydrogens (tertiary/aromatic N) is 1. The van der Waals surface area contributed by atoms with Crippen molar-refractivity contribution < 1.29 is 26.7 Å². The molecule has 2 N–H and O–H groups in total. The molecule has 0 radical (unpaired) electrons. The minimum absolute atomic E-state index is 0.0217. The lowest BCUT2D eigenvalue weighted by Crippen LogP contribution is -2.50. The van der Waals surface area contributed by atoms with E-state index in [0.717, 1.165) is 17.4 Å². The van der Waals surface area contributed by atoms with Gasteiger partial charge in [0.1, 0.15) is 16.1 Å². The molecule has 6 nitrogen and oxygen atoms in total. The van der Waals surface area contributed by atoms with E-state index in [1.54, 1.807) is 0 Å². The number of hydrogen-bond donors (Lipinski definition) is 2. The summed E-state index contributed by atoms with van der Waals surface area (Å²) in [6, 6.07) is 6.67. The predicted octanol–water partition coefficient (Wildman–Crippen LogP) is 2.91. The first kappa shape index (κ1) is 20.9. The van der Waals surface area contributed by atoms with Crippen LogP contribution in [-0.2, 0) is 15.6 Å². The van der Waals surface area contributed by atoms with Crippen LogP contribution in [0.1, 0.15) is 12.0 Å². The van der Waals surface area contributed by atoms with Crippen LogP contribution in [0, 0.1) is 5.82 Å². The maximum atomic E-state index is 14.4. The Balaban J connectivity index is 1.60. The molecule has 1 aromatic carbocycles. The summed E-state index contributed by atoms with van der Waals surface area (Å²) in [6.45, 7) is -0.332. The highest BCUT2D eigenvalue weighted by molar-refractivity contribution is 7.92. The molecule has 0 spiro atoms. The Kier molecular flexibility index (Phi) is 5.15. The van der Waals surface area contributed by atoms with E-state index >= 15 is 0 Å². The molecule has 3 heterocycles. The standard InChI is InChI=1S/C19H17F3N2O4S2/c20-14-8-11-3-5-23-18(26)13(11)7-12(14)10-30(27,28)17-2-1-16(29-17)24-6-4-19(21,22)15(25)9-24/h1-3,5,7-8,15,25H,4,6,9-10H2,(H,23,26)/t15-/m0/s1. The largest absolute Gasteiger partial charge is 0.385 e. The van der Waals surface area contributed by atoms with E-state index in [9.17, 15) is 31.5 Å². The summed E-state index contributed by atoms with van der Waals surface area (Å²) in [4.78, 5) is 15.9. The molecule has 1 saturated heterocycles. The van der Waals surface area contributed by atoms with Crippen molar-refractivity contribution in [3.05, 3.63) is 58.3 Å². The first-order chi connectivity index (χ1) is 14.1. The third kappa shape index (κ3) is 3.84. The molecule has 0 unspecified atom stereocenters. The lowest BCUT2D eigenvalue weighted by atomic mass is 10.0. The number of rotatable bonds is 4. The van der Waals surface area contributed by atoms with Gasteiger partial charge in [0.2, 0.25) is 0 Å². The molecule has 30 heavy (non-hydrogen) atoms. The number of aliphatic hydroxyl groups excluding tert-OH is 1. The molecule has 1 aliphatic heterocycles. The number of nitrogens with one attached hydrogen (secondary N) is 1. The maximum absolute atomic E-state index is 14.4. The van der Waals surface area contributed by atoms with Gasteiger partial charge < -0.3 is 15.0 Å². The van der Waals surface area contributed by atoms with Gasteiger partial charge in [0.15, 0.2) is 9.84 Å². The van der Waals surface area contributed by atoms with Gasteiger partial charge in [-0.3, -0.25) is 4.79 Å². The SMILES string of the molecule is O=c1[nH]ccc2cc(F)c(CS(=O)(=O)c3ccc(N4CCC(F)(F)[C@@H](O)C4)s3)cc12. The zero-order valence-corrected chi connectivity index (χ0v) is 17.1. The number of piperidine rings is 1. The summed E-state index contributed by atoms with van der Waals surface area (Å²) in [5.41, 5.74) is -0.591. The van der Waals surface area contributed by atoms with Crippen molar-refractivity contribution >= 4 is 36.9 Å². The Morgan fingerprint density at radius 2 is 2.03 bits per heavy atom. The maximum Gasteiger partial charge on any atom is 0.276 e. The average molecular weight is 458 g/mol. The fraction of sp³-hybridized carbons (Fsp3) is 0.316. The topological polar surface area (TPSA) is 90.5 Å². The van der Waals surface area contributed by atoms with Crippen molar-refractivity contribution in [2.24, 2.45) is 0 Å². The molecule has 0 amide bonds. The van der Waals surface area contributed by atoms with E-state index in [-0.39, 0.29) is 28.2 Å². The Morgan fingerprint density at radius 3 is 2.77 bits per heavy atom. The molecular formula is C19H17F3N2O4S2. The van der Waals surface area contributed by atoms with E-state index < -0.39 is 45.4 Å². The molecule has 4 rings (SSSR count). The van der Waals surface area contributed by atoms with E-state index in [2.05, 4.69) is 4.98 Å². The van der Waals surface area contributed by atoms with E-state index in [1.807, 2.05) is 0 Å².